The van der Waals surface area contributed by atoms with Crippen molar-refractivity contribution in [2.24, 2.45) is 0 Å². The van der Waals surface area contributed by atoms with E-state index in [4.69, 9.17) is 0 Å². The van der Waals surface area contributed by atoms with Crippen LogP contribution in [0.5, 0.6) is 0 Å². The first kappa shape index (κ1) is 14.8. The number of nitrogens with one attached hydrogen (secondary N) is 2. The Bertz CT molecular complexity index is 640. The highest BCUT2D eigenvalue weighted by Crippen LogP contribution is 2.21. The van der Waals surface area contributed by atoms with Gasteiger partial charge in [0.25, 0.3) is 0 Å². The Balaban J connectivity index is 1.56. The molecule has 1 fully saturated rings. The third-order valence-corrected chi connectivity index (χ3v) is 4.23. The van der Waals surface area contributed by atoms with E-state index in [0.29, 0.717) is 6.42 Å². The topological polar surface area (TPSA) is 61.0 Å². The first-order valence-electron chi connectivity index (χ1n) is 7.75. The van der Waals surface area contributed by atoms with E-state index in [2.05, 4.69) is 27.6 Å². The number of aromatic amines is 1. The van der Waals surface area contributed by atoms with Crippen molar-refractivity contribution in [1.82, 2.24) is 15.5 Å². The lowest BCUT2D eigenvalue weighted by atomic mass is 10.1. The van der Waals surface area contributed by atoms with Crippen LogP contribution >= 0.6 is 0 Å². The number of hydrogen-bond acceptors (Lipinski definition) is 3. The van der Waals surface area contributed by atoms with Crippen molar-refractivity contribution in [3.05, 3.63) is 46.8 Å². The van der Waals surface area contributed by atoms with E-state index in [1.54, 1.807) is 0 Å². The summed E-state index contributed by atoms with van der Waals surface area (Å²) in [7, 11) is 0. The molecular weight excluding hydrogens is 276 g/mol. The van der Waals surface area contributed by atoms with Crippen molar-refractivity contribution < 1.29 is 4.79 Å². The quantitative estimate of drug-likeness (QED) is 0.891. The smallest absolute Gasteiger partial charge is 0.227 e. The summed E-state index contributed by atoms with van der Waals surface area (Å²) in [5.41, 5.74) is 5.63. The molecule has 1 aliphatic rings. The maximum atomic E-state index is 11.7. The summed E-state index contributed by atoms with van der Waals surface area (Å²) in [5, 5.41) is 10.6. The number of rotatable bonds is 5. The molecule has 0 bridgehead atoms. The first-order chi connectivity index (χ1) is 10.6. The number of aromatic nitrogens is 2. The molecule has 2 N–H and O–H groups in total. The molecule has 1 amide bonds. The number of H-pyrrole nitrogens is 1. The highest BCUT2D eigenvalue weighted by Gasteiger charge is 2.21. The Morgan fingerprint density at radius 2 is 2.00 bits per heavy atom. The summed E-state index contributed by atoms with van der Waals surface area (Å²) in [4.78, 5) is 13.6. The first-order valence-corrected chi connectivity index (χ1v) is 7.75. The van der Waals surface area contributed by atoms with E-state index in [-0.39, 0.29) is 5.91 Å². The van der Waals surface area contributed by atoms with Crippen LogP contribution in [0, 0.1) is 13.8 Å². The van der Waals surface area contributed by atoms with Crippen LogP contribution in [0.25, 0.3) is 0 Å². The predicted octanol–water partition coefficient (Wildman–Crippen LogP) is 2.44. The molecule has 0 radical (unpaired) electrons. The average Bonchev–Trinajstić information content (AvgIpc) is 3.08. The van der Waals surface area contributed by atoms with Crippen LogP contribution in [0.15, 0.2) is 24.3 Å². The van der Waals surface area contributed by atoms with E-state index in [1.165, 1.54) is 11.1 Å². The number of carbonyl (C=O) groups excluding carboxylic acids is 1. The number of hydrogen-bond donors (Lipinski definition) is 2. The van der Waals surface area contributed by atoms with Gasteiger partial charge in [-0.15, -0.1) is 0 Å². The van der Waals surface area contributed by atoms with Gasteiger partial charge in [-0.1, -0.05) is 12.1 Å². The SMILES string of the molecule is Cc1n[nH]c(C)c1CNCc1ccc(N2CCCC2=O)cc1. The minimum absolute atomic E-state index is 0.233. The summed E-state index contributed by atoms with van der Waals surface area (Å²) < 4.78 is 0. The minimum atomic E-state index is 0.233. The summed E-state index contributed by atoms with van der Waals surface area (Å²) in [6, 6.07) is 8.25. The van der Waals surface area contributed by atoms with Crippen molar-refractivity contribution in [3.63, 3.8) is 0 Å². The van der Waals surface area contributed by atoms with Crippen molar-refractivity contribution in [2.45, 2.75) is 39.8 Å². The van der Waals surface area contributed by atoms with E-state index in [0.717, 1.165) is 43.1 Å². The second kappa shape index (κ2) is 6.32. The fraction of sp³-hybridized carbons (Fsp3) is 0.412. The molecule has 0 aliphatic carbocycles. The molecule has 0 unspecified atom stereocenters. The summed E-state index contributed by atoms with van der Waals surface area (Å²) in [6.07, 6.45) is 1.64. The summed E-state index contributed by atoms with van der Waals surface area (Å²) >= 11 is 0. The fourth-order valence-corrected chi connectivity index (χ4v) is 2.88. The molecule has 1 aromatic heterocycles. The van der Waals surface area contributed by atoms with Gasteiger partial charge in [-0.3, -0.25) is 9.89 Å². The van der Waals surface area contributed by atoms with E-state index < -0.39 is 0 Å². The predicted molar refractivity (Wildman–Crippen MR) is 86.6 cm³/mol. The Hall–Kier alpha value is -2.14. The molecule has 22 heavy (non-hydrogen) atoms. The Labute approximate surface area is 130 Å². The molecule has 1 aliphatic heterocycles. The van der Waals surface area contributed by atoms with Crippen LogP contribution in [-0.4, -0.2) is 22.6 Å². The summed E-state index contributed by atoms with van der Waals surface area (Å²) in [6.45, 7) is 6.51. The van der Waals surface area contributed by atoms with Crippen LogP contribution in [0.4, 0.5) is 5.69 Å². The van der Waals surface area contributed by atoms with Crippen molar-refractivity contribution in [3.8, 4) is 0 Å². The number of amides is 1. The largest absolute Gasteiger partial charge is 0.312 e. The molecule has 3 rings (SSSR count). The van der Waals surface area contributed by atoms with Gasteiger partial charge < -0.3 is 10.2 Å². The van der Waals surface area contributed by atoms with Crippen molar-refractivity contribution >= 4 is 11.6 Å². The van der Waals surface area contributed by atoms with Crippen molar-refractivity contribution in [1.29, 1.82) is 0 Å². The normalized spacial score (nSPS) is 14.8. The van der Waals surface area contributed by atoms with Gasteiger partial charge in [0.15, 0.2) is 0 Å². The standard InChI is InChI=1S/C17H22N4O/c1-12-16(13(2)20-19-12)11-18-10-14-5-7-15(8-6-14)21-9-3-4-17(21)22/h5-8,18H,3-4,9-11H2,1-2H3,(H,19,20). The molecule has 2 heterocycles. The van der Waals surface area contributed by atoms with Gasteiger partial charge >= 0.3 is 0 Å². The number of anilines is 1. The Kier molecular flexibility index (Phi) is 4.24. The summed E-state index contributed by atoms with van der Waals surface area (Å²) in [5.74, 6) is 0.233. The molecule has 5 nitrogen and oxygen atoms in total. The molecular formula is C17H22N4O. The zero-order chi connectivity index (χ0) is 15.5. The highest BCUT2D eigenvalue weighted by molar-refractivity contribution is 5.95. The molecule has 2 aromatic rings. The van der Waals surface area contributed by atoms with Gasteiger partial charge in [0, 0.05) is 43.0 Å². The highest BCUT2D eigenvalue weighted by atomic mass is 16.2. The molecule has 0 saturated carbocycles. The fourth-order valence-electron chi connectivity index (χ4n) is 2.88. The van der Waals surface area contributed by atoms with Crippen LogP contribution in [-0.2, 0) is 17.9 Å². The third-order valence-electron chi connectivity index (χ3n) is 4.23. The number of aryl methyl sites for hydroxylation is 2. The van der Waals surface area contributed by atoms with Gasteiger partial charge in [0.2, 0.25) is 5.91 Å². The van der Waals surface area contributed by atoms with E-state index >= 15 is 0 Å². The van der Waals surface area contributed by atoms with Gasteiger partial charge in [-0.25, -0.2) is 0 Å². The average molecular weight is 298 g/mol. The van der Waals surface area contributed by atoms with Crippen LogP contribution in [0.3, 0.4) is 0 Å². The van der Waals surface area contributed by atoms with Crippen LogP contribution < -0.4 is 10.2 Å². The number of nitrogens with zero attached hydrogens (tertiary/aromatic N) is 2. The minimum Gasteiger partial charge on any atom is -0.312 e. The van der Waals surface area contributed by atoms with Gasteiger partial charge in [-0.2, -0.15) is 5.10 Å². The second-order valence-electron chi connectivity index (χ2n) is 5.83. The lowest BCUT2D eigenvalue weighted by molar-refractivity contribution is -0.117. The van der Waals surface area contributed by atoms with Crippen molar-refractivity contribution in [2.75, 3.05) is 11.4 Å². The molecule has 1 saturated heterocycles. The number of benzene rings is 1. The van der Waals surface area contributed by atoms with Gasteiger partial charge in [0.1, 0.15) is 0 Å². The zero-order valence-electron chi connectivity index (χ0n) is 13.1. The Morgan fingerprint density at radius 1 is 1.23 bits per heavy atom. The number of carbonyl (C=O) groups is 1. The maximum absolute atomic E-state index is 11.7. The molecule has 0 spiro atoms. The molecule has 1 aromatic carbocycles. The lowest BCUT2D eigenvalue weighted by Gasteiger charge is -2.16. The maximum Gasteiger partial charge on any atom is 0.227 e. The lowest BCUT2D eigenvalue weighted by Crippen LogP contribution is -2.23. The zero-order valence-corrected chi connectivity index (χ0v) is 13.1. The molecule has 5 heteroatoms. The van der Waals surface area contributed by atoms with E-state index in [1.807, 2.05) is 30.9 Å². The molecule has 116 valence electrons. The second-order valence-corrected chi connectivity index (χ2v) is 5.83. The monoisotopic (exact) mass is 298 g/mol. The van der Waals surface area contributed by atoms with Crippen LogP contribution in [0.1, 0.15) is 35.4 Å². The van der Waals surface area contributed by atoms with Crippen LogP contribution in [0.2, 0.25) is 0 Å². The van der Waals surface area contributed by atoms with E-state index in [9.17, 15) is 4.79 Å². The van der Waals surface area contributed by atoms with Gasteiger partial charge in [-0.05, 0) is 38.0 Å². The molecule has 0 atom stereocenters. The Morgan fingerprint density at radius 3 is 2.59 bits per heavy atom. The third kappa shape index (κ3) is 3.04. The van der Waals surface area contributed by atoms with Gasteiger partial charge in [0.05, 0.1) is 5.69 Å².